The third kappa shape index (κ3) is 5.06. The van der Waals surface area contributed by atoms with Gasteiger partial charge in [0, 0.05) is 25.0 Å². The van der Waals surface area contributed by atoms with E-state index in [0.29, 0.717) is 24.0 Å². The van der Waals surface area contributed by atoms with Gasteiger partial charge in [-0.2, -0.15) is 0 Å². The van der Waals surface area contributed by atoms with E-state index in [-0.39, 0.29) is 14.9 Å². The topological polar surface area (TPSA) is 91.0 Å². The fourth-order valence-corrected chi connectivity index (χ4v) is 4.95. The van der Waals surface area contributed by atoms with Crippen LogP contribution in [0.3, 0.4) is 0 Å². The van der Waals surface area contributed by atoms with E-state index in [1.165, 1.54) is 18.2 Å². The van der Waals surface area contributed by atoms with Crippen molar-refractivity contribution in [2.24, 2.45) is 0 Å². The van der Waals surface area contributed by atoms with Crippen LogP contribution in [0.1, 0.15) is 25.6 Å². The predicted octanol–water partition coefficient (Wildman–Crippen LogP) is 5.23. The molecule has 4 aromatic rings. The first-order valence-corrected chi connectivity index (χ1v) is 12.3. The van der Waals surface area contributed by atoms with Crippen LogP contribution in [0.15, 0.2) is 72.3 Å². The van der Waals surface area contributed by atoms with Gasteiger partial charge >= 0.3 is 6.01 Å². The number of sulfonamides is 1. The van der Waals surface area contributed by atoms with Gasteiger partial charge in [-0.15, -0.1) is 0 Å². The highest BCUT2D eigenvalue weighted by atomic mass is 35.5. The molecular weight excluding hydrogens is 485 g/mol. The summed E-state index contributed by atoms with van der Waals surface area (Å²) in [5.41, 5.74) is 1.55. The summed E-state index contributed by atoms with van der Waals surface area (Å²) in [6.07, 6.45) is 6.84. The van der Waals surface area contributed by atoms with Crippen molar-refractivity contribution < 1.29 is 13.2 Å². The van der Waals surface area contributed by atoms with Crippen molar-refractivity contribution in [2.75, 3.05) is 0 Å². The van der Waals surface area contributed by atoms with E-state index in [2.05, 4.69) is 14.7 Å². The average Bonchev–Trinajstić information content (AvgIpc) is 3.45. The molecule has 0 aliphatic carbocycles. The lowest BCUT2D eigenvalue weighted by Gasteiger charge is -2.17. The van der Waals surface area contributed by atoms with Crippen molar-refractivity contribution >= 4 is 33.2 Å². The zero-order valence-corrected chi connectivity index (χ0v) is 20.1. The Morgan fingerprint density at radius 2 is 1.97 bits per heavy atom. The van der Waals surface area contributed by atoms with Crippen LogP contribution in [0.2, 0.25) is 10.0 Å². The molecule has 0 amide bonds. The van der Waals surface area contributed by atoms with Crippen LogP contribution in [0.25, 0.3) is 5.69 Å². The highest BCUT2D eigenvalue weighted by Gasteiger charge is 2.23. The Morgan fingerprint density at radius 3 is 2.67 bits per heavy atom. The lowest BCUT2D eigenvalue weighted by Crippen LogP contribution is -2.28. The first-order valence-electron chi connectivity index (χ1n) is 10.1. The highest BCUT2D eigenvalue weighted by Crippen LogP contribution is 2.28. The monoisotopic (exact) mass is 505 g/mol. The number of benzene rings is 2. The second-order valence-electron chi connectivity index (χ2n) is 7.20. The van der Waals surface area contributed by atoms with Crippen molar-refractivity contribution in [3.05, 3.63) is 83.1 Å². The SMILES string of the molecule is CCn1c(C(C)NS(=O)(=O)c2ccc(Cl)c(Cl)c2)cnc1Oc1cccc(-n2ccnc2)c1. The first kappa shape index (κ1) is 23.3. The Labute approximate surface area is 201 Å². The van der Waals surface area contributed by atoms with Gasteiger partial charge in [0.05, 0.1) is 44.9 Å². The van der Waals surface area contributed by atoms with E-state index in [1.807, 2.05) is 46.5 Å². The van der Waals surface area contributed by atoms with Crippen LogP contribution in [0.4, 0.5) is 0 Å². The number of rotatable bonds is 8. The van der Waals surface area contributed by atoms with Crippen LogP contribution < -0.4 is 9.46 Å². The van der Waals surface area contributed by atoms with Gasteiger partial charge in [-0.25, -0.2) is 23.1 Å². The standard InChI is InChI=1S/C22H21Cl2N5O3S/c1-3-29-21(15(2)27-33(30,31)18-7-8-19(23)20(24)12-18)13-26-22(29)32-17-6-4-5-16(11-17)28-10-9-25-14-28/h4-15,27H,3H2,1-2H3. The number of hydrogen-bond donors (Lipinski definition) is 1. The molecule has 11 heteroatoms. The number of hydrogen-bond acceptors (Lipinski definition) is 5. The van der Waals surface area contributed by atoms with Gasteiger partial charge in [-0.3, -0.25) is 4.57 Å². The Hall–Kier alpha value is -2.85. The van der Waals surface area contributed by atoms with Crippen LogP contribution in [0, 0.1) is 0 Å². The summed E-state index contributed by atoms with van der Waals surface area (Å²) < 4.78 is 38.0. The first-order chi connectivity index (χ1) is 15.8. The average molecular weight is 506 g/mol. The molecule has 0 saturated heterocycles. The molecule has 0 fully saturated rings. The van der Waals surface area contributed by atoms with E-state index in [9.17, 15) is 8.42 Å². The summed E-state index contributed by atoms with van der Waals surface area (Å²) in [7, 11) is -3.84. The summed E-state index contributed by atoms with van der Waals surface area (Å²) in [6.45, 7) is 4.20. The normalized spacial score (nSPS) is 12.6. The summed E-state index contributed by atoms with van der Waals surface area (Å²) in [5, 5.41) is 0.450. The molecule has 0 aliphatic heterocycles. The third-order valence-electron chi connectivity index (χ3n) is 4.97. The largest absolute Gasteiger partial charge is 0.425 e. The third-order valence-corrected chi connectivity index (χ3v) is 7.25. The number of aromatic nitrogens is 4. The molecule has 8 nitrogen and oxygen atoms in total. The van der Waals surface area contributed by atoms with Gasteiger partial charge in [0.1, 0.15) is 5.75 Å². The van der Waals surface area contributed by atoms with E-state index < -0.39 is 16.1 Å². The lowest BCUT2D eigenvalue weighted by molar-refractivity contribution is 0.408. The summed E-state index contributed by atoms with van der Waals surface area (Å²) in [4.78, 5) is 8.46. The predicted molar refractivity (Wildman–Crippen MR) is 127 cm³/mol. The molecule has 1 atom stereocenters. The number of halogens is 2. The molecule has 2 aromatic heterocycles. The van der Waals surface area contributed by atoms with Gasteiger partial charge < -0.3 is 9.30 Å². The quantitative estimate of drug-likeness (QED) is 0.354. The van der Waals surface area contributed by atoms with Crippen molar-refractivity contribution in [1.29, 1.82) is 0 Å². The second-order valence-corrected chi connectivity index (χ2v) is 9.73. The minimum absolute atomic E-state index is 0.0269. The Bertz CT molecular complexity index is 1370. The Morgan fingerprint density at radius 1 is 1.15 bits per heavy atom. The number of ether oxygens (including phenoxy) is 1. The molecule has 0 spiro atoms. The maximum atomic E-state index is 12.8. The molecule has 4 rings (SSSR count). The molecular formula is C22H21Cl2N5O3S. The van der Waals surface area contributed by atoms with E-state index in [1.54, 1.807) is 25.6 Å². The van der Waals surface area contributed by atoms with Crippen molar-refractivity contribution in [3.63, 3.8) is 0 Å². The zero-order chi connectivity index (χ0) is 23.6. The van der Waals surface area contributed by atoms with Crippen molar-refractivity contribution in [1.82, 2.24) is 23.8 Å². The Balaban J connectivity index is 1.56. The van der Waals surface area contributed by atoms with Crippen molar-refractivity contribution in [2.45, 2.75) is 31.3 Å². The van der Waals surface area contributed by atoms with Crippen LogP contribution in [0.5, 0.6) is 11.8 Å². The molecule has 1 unspecified atom stereocenters. The number of nitrogens with one attached hydrogen (secondary N) is 1. The van der Waals surface area contributed by atoms with Crippen LogP contribution in [-0.2, 0) is 16.6 Å². The molecule has 2 aromatic carbocycles. The van der Waals surface area contributed by atoms with Crippen LogP contribution >= 0.6 is 23.2 Å². The molecule has 1 N–H and O–H groups in total. The van der Waals surface area contributed by atoms with Gasteiger partial charge in [0.2, 0.25) is 10.0 Å². The fourth-order valence-electron chi connectivity index (χ4n) is 3.35. The van der Waals surface area contributed by atoms with Crippen LogP contribution in [-0.4, -0.2) is 27.5 Å². The summed E-state index contributed by atoms with van der Waals surface area (Å²) in [6, 6.07) is 11.5. The number of imidazole rings is 2. The molecule has 33 heavy (non-hydrogen) atoms. The fraction of sp³-hybridized carbons (Fsp3) is 0.182. The van der Waals surface area contributed by atoms with Crippen molar-refractivity contribution in [3.8, 4) is 17.4 Å². The smallest absolute Gasteiger partial charge is 0.302 e. The van der Waals surface area contributed by atoms with E-state index in [4.69, 9.17) is 27.9 Å². The van der Waals surface area contributed by atoms with Gasteiger partial charge in [-0.1, -0.05) is 29.3 Å². The van der Waals surface area contributed by atoms with Gasteiger partial charge in [0.15, 0.2) is 0 Å². The highest BCUT2D eigenvalue weighted by molar-refractivity contribution is 7.89. The molecule has 0 aliphatic rings. The lowest BCUT2D eigenvalue weighted by atomic mass is 10.3. The van der Waals surface area contributed by atoms with Gasteiger partial charge in [-0.05, 0) is 44.2 Å². The zero-order valence-electron chi connectivity index (χ0n) is 17.8. The van der Waals surface area contributed by atoms with Gasteiger partial charge in [0.25, 0.3) is 0 Å². The molecule has 172 valence electrons. The molecule has 2 heterocycles. The minimum atomic E-state index is -3.84. The maximum absolute atomic E-state index is 12.8. The second kappa shape index (κ2) is 9.56. The number of nitrogens with zero attached hydrogens (tertiary/aromatic N) is 4. The summed E-state index contributed by atoms with van der Waals surface area (Å²) >= 11 is 11.9. The minimum Gasteiger partial charge on any atom is -0.425 e. The molecule has 0 saturated carbocycles. The summed E-state index contributed by atoms with van der Waals surface area (Å²) in [5.74, 6) is 0.595. The van der Waals surface area contributed by atoms with E-state index >= 15 is 0 Å². The van der Waals surface area contributed by atoms with E-state index in [0.717, 1.165) is 5.69 Å². The molecule has 0 radical (unpaired) electrons. The molecule has 0 bridgehead atoms. The maximum Gasteiger partial charge on any atom is 0.302 e. The Kier molecular flexibility index (Phi) is 6.76.